The molecule has 0 nitrogen and oxygen atoms in total. The summed E-state index contributed by atoms with van der Waals surface area (Å²) in [7, 11) is 0. The van der Waals surface area contributed by atoms with E-state index in [1.807, 2.05) is 0 Å². The molecule has 0 radical (unpaired) electrons. The van der Waals surface area contributed by atoms with Gasteiger partial charge in [-0.15, -0.1) is 0 Å². The standard InChI is InChI=1S/2C14H10.Mo/c2*1-2-6-12-10-14-8-4-3-7-13(14)9-11(12)5-1;/h2*1-10H;. The van der Waals surface area contributed by atoms with Crippen LogP contribution >= 0.6 is 0 Å². The van der Waals surface area contributed by atoms with Crippen LogP contribution in [-0.2, 0) is 21.1 Å². The number of hydrogen-bond donors (Lipinski definition) is 0. The first-order valence-corrected chi connectivity index (χ1v) is 9.62. The Morgan fingerprint density at radius 3 is 0.517 bits per heavy atom. The van der Waals surface area contributed by atoms with Gasteiger partial charge in [0.1, 0.15) is 0 Å². The SMILES string of the molecule is [Mo].c1ccc2cc3ccccc3cc2c1.c1ccc2cc3ccccc3cc2c1. The average molecular weight is 452 g/mol. The summed E-state index contributed by atoms with van der Waals surface area (Å²) in [6.07, 6.45) is 0. The molecule has 6 aromatic rings. The predicted octanol–water partition coefficient (Wildman–Crippen LogP) is 7.98. The molecule has 6 rings (SSSR count). The predicted molar refractivity (Wildman–Crippen MR) is 123 cm³/mol. The second-order valence-corrected chi connectivity index (χ2v) is 7.09. The van der Waals surface area contributed by atoms with Crippen LogP contribution in [0.15, 0.2) is 121 Å². The quantitative estimate of drug-likeness (QED) is 0.162. The fourth-order valence-electron chi connectivity index (χ4n) is 3.77. The van der Waals surface area contributed by atoms with Crippen LogP contribution in [0.1, 0.15) is 0 Å². The third kappa shape index (κ3) is 4.09. The van der Waals surface area contributed by atoms with Crippen molar-refractivity contribution in [3.8, 4) is 0 Å². The summed E-state index contributed by atoms with van der Waals surface area (Å²) in [6, 6.07) is 42.8. The minimum absolute atomic E-state index is 0. The van der Waals surface area contributed by atoms with Gasteiger partial charge in [-0.1, -0.05) is 97.1 Å². The molecule has 0 aromatic heterocycles. The van der Waals surface area contributed by atoms with Crippen molar-refractivity contribution in [3.05, 3.63) is 121 Å². The van der Waals surface area contributed by atoms with Crippen molar-refractivity contribution in [1.29, 1.82) is 0 Å². The average Bonchev–Trinajstić information content (AvgIpc) is 2.76. The molecule has 0 amide bonds. The maximum absolute atomic E-state index is 2.24. The summed E-state index contributed by atoms with van der Waals surface area (Å²) in [5, 5.41) is 10.5. The Labute approximate surface area is 185 Å². The Morgan fingerprint density at radius 2 is 0.379 bits per heavy atom. The van der Waals surface area contributed by atoms with Crippen LogP contribution in [0, 0.1) is 0 Å². The van der Waals surface area contributed by atoms with Crippen LogP contribution in [0.4, 0.5) is 0 Å². The second-order valence-electron chi connectivity index (χ2n) is 7.09. The fourth-order valence-corrected chi connectivity index (χ4v) is 3.77. The van der Waals surface area contributed by atoms with Crippen molar-refractivity contribution >= 4 is 43.1 Å². The number of benzene rings is 6. The largest absolute Gasteiger partial charge is 0.0616 e. The molecule has 0 bridgehead atoms. The number of fused-ring (bicyclic) bond motifs is 4. The Balaban J connectivity index is 0.000000137. The second kappa shape index (κ2) is 8.60. The van der Waals surface area contributed by atoms with E-state index in [0.29, 0.717) is 0 Å². The summed E-state index contributed by atoms with van der Waals surface area (Å²) >= 11 is 0. The Bertz CT molecular complexity index is 1090. The zero-order chi connectivity index (χ0) is 18.8. The maximum atomic E-state index is 2.24. The van der Waals surface area contributed by atoms with Crippen LogP contribution in [0.2, 0.25) is 0 Å². The molecule has 0 aliphatic rings. The maximum Gasteiger partial charge on any atom is 0 e. The minimum atomic E-state index is 0. The third-order valence-electron chi connectivity index (χ3n) is 5.23. The smallest absolute Gasteiger partial charge is 0 e. The van der Waals surface area contributed by atoms with E-state index in [2.05, 4.69) is 121 Å². The first-order valence-electron chi connectivity index (χ1n) is 9.62. The van der Waals surface area contributed by atoms with E-state index in [1.54, 1.807) is 0 Å². The molecule has 0 N–H and O–H groups in total. The molecular formula is C28H20Mo. The van der Waals surface area contributed by atoms with Crippen molar-refractivity contribution in [2.24, 2.45) is 0 Å². The zero-order valence-corrected chi connectivity index (χ0v) is 18.0. The van der Waals surface area contributed by atoms with Gasteiger partial charge in [-0.3, -0.25) is 0 Å². The Morgan fingerprint density at radius 1 is 0.241 bits per heavy atom. The van der Waals surface area contributed by atoms with E-state index < -0.39 is 0 Å². The first kappa shape index (κ1) is 19.4. The molecule has 29 heavy (non-hydrogen) atoms. The summed E-state index contributed by atoms with van der Waals surface area (Å²) in [4.78, 5) is 0. The van der Waals surface area contributed by atoms with Gasteiger partial charge in [0, 0.05) is 21.1 Å². The van der Waals surface area contributed by atoms with E-state index in [9.17, 15) is 0 Å². The van der Waals surface area contributed by atoms with E-state index in [-0.39, 0.29) is 21.1 Å². The van der Waals surface area contributed by atoms with Gasteiger partial charge in [-0.2, -0.15) is 0 Å². The molecule has 0 aliphatic heterocycles. The topological polar surface area (TPSA) is 0 Å². The van der Waals surface area contributed by atoms with Crippen molar-refractivity contribution in [2.75, 3.05) is 0 Å². The van der Waals surface area contributed by atoms with Crippen LogP contribution in [-0.4, -0.2) is 0 Å². The molecule has 1 heteroatoms. The van der Waals surface area contributed by atoms with Crippen molar-refractivity contribution in [2.45, 2.75) is 0 Å². The summed E-state index contributed by atoms with van der Waals surface area (Å²) < 4.78 is 0. The van der Waals surface area contributed by atoms with Gasteiger partial charge in [0.25, 0.3) is 0 Å². The monoisotopic (exact) mass is 454 g/mol. The molecule has 0 fully saturated rings. The van der Waals surface area contributed by atoms with Gasteiger partial charge < -0.3 is 0 Å². The van der Waals surface area contributed by atoms with Crippen molar-refractivity contribution < 1.29 is 21.1 Å². The van der Waals surface area contributed by atoms with Crippen molar-refractivity contribution in [3.63, 3.8) is 0 Å². The normalized spacial score (nSPS) is 10.5. The summed E-state index contributed by atoms with van der Waals surface area (Å²) in [6.45, 7) is 0. The summed E-state index contributed by atoms with van der Waals surface area (Å²) in [5.41, 5.74) is 0. The summed E-state index contributed by atoms with van der Waals surface area (Å²) in [5.74, 6) is 0. The van der Waals surface area contributed by atoms with E-state index in [1.165, 1.54) is 43.1 Å². The molecule has 0 saturated carbocycles. The molecule has 138 valence electrons. The molecule has 0 unspecified atom stereocenters. The number of rotatable bonds is 0. The van der Waals surface area contributed by atoms with Gasteiger partial charge in [0.2, 0.25) is 0 Å². The van der Waals surface area contributed by atoms with E-state index >= 15 is 0 Å². The molecule has 0 heterocycles. The molecule has 0 spiro atoms. The Kier molecular flexibility index (Phi) is 5.74. The molecule has 0 aliphatic carbocycles. The van der Waals surface area contributed by atoms with Crippen LogP contribution < -0.4 is 0 Å². The Hall–Kier alpha value is -2.95. The number of hydrogen-bond acceptors (Lipinski definition) is 0. The van der Waals surface area contributed by atoms with E-state index in [4.69, 9.17) is 0 Å². The van der Waals surface area contributed by atoms with Crippen LogP contribution in [0.25, 0.3) is 43.1 Å². The molecule has 0 atom stereocenters. The van der Waals surface area contributed by atoms with Gasteiger partial charge in [-0.05, 0) is 67.4 Å². The van der Waals surface area contributed by atoms with E-state index in [0.717, 1.165) is 0 Å². The fraction of sp³-hybridized carbons (Fsp3) is 0. The van der Waals surface area contributed by atoms with Gasteiger partial charge in [0.15, 0.2) is 0 Å². The molecule has 6 aromatic carbocycles. The zero-order valence-electron chi connectivity index (χ0n) is 16.0. The van der Waals surface area contributed by atoms with Crippen LogP contribution in [0.3, 0.4) is 0 Å². The van der Waals surface area contributed by atoms with Crippen LogP contribution in [0.5, 0.6) is 0 Å². The van der Waals surface area contributed by atoms with Gasteiger partial charge in [-0.25, -0.2) is 0 Å². The van der Waals surface area contributed by atoms with Gasteiger partial charge in [0.05, 0.1) is 0 Å². The van der Waals surface area contributed by atoms with Gasteiger partial charge >= 0.3 is 0 Å². The van der Waals surface area contributed by atoms with Crippen molar-refractivity contribution in [1.82, 2.24) is 0 Å². The molecular weight excluding hydrogens is 432 g/mol. The third-order valence-corrected chi connectivity index (χ3v) is 5.23. The minimum Gasteiger partial charge on any atom is -0.0616 e. The molecule has 0 saturated heterocycles. The first-order chi connectivity index (χ1) is 13.9.